The van der Waals surface area contributed by atoms with Crippen LogP contribution in [0, 0.1) is 12.8 Å². The average molecular weight is 270 g/mol. The predicted molar refractivity (Wildman–Crippen MR) is 78.1 cm³/mol. The zero-order valence-electron chi connectivity index (χ0n) is 11.4. The van der Waals surface area contributed by atoms with E-state index in [1.165, 1.54) is 37.1 Å². The molecule has 0 aliphatic carbocycles. The molecule has 0 radical (unpaired) electrons. The number of nitrogens with zero attached hydrogens (tertiary/aromatic N) is 2. The molecular weight excluding hydrogens is 246 g/mol. The maximum atomic E-state index is 4.23. The number of likely N-dealkylation sites (tertiary alicyclic amines) is 1. The minimum atomic E-state index is 0. The van der Waals surface area contributed by atoms with E-state index >= 15 is 0 Å². The van der Waals surface area contributed by atoms with Crippen LogP contribution >= 0.6 is 12.4 Å². The van der Waals surface area contributed by atoms with Gasteiger partial charge in [0.05, 0.1) is 0 Å². The molecule has 2 heterocycles. The molecule has 2 rings (SSSR count). The van der Waals surface area contributed by atoms with Gasteiger partial charge in [0.25, 0.3) is 0 Å². The molecule has 1 aromatic rings. The van der Waals surface area contributed by atoms with Crippen molar-refractivity contribution in [3.63, 3.8) is 0 Å². The predicted octanol–water partition coefficient (Wildman–Crippen LogP) is 2.24. The molecule has 0 aromatic carbocycles. The normalized spacial score (nSPS) is 20.4. The van der Waals surface area contributed by atoms with E-state index in [1.807, 2.05) is 19.4 Å². The van der Waals surface area contributed by atoms with E-state index in [9.17, 15) is 0 Å². The summed E-state index contributed by atoms with van der Waals surface area (Å²) in [7, 11) is 2.05. The number of aromatic nitrogens is 1. The first-order valence-electron chi connectivity index (χ1n) is 6.56. The smallest absolute Gasteiger partial charge is 0.0315 e. The van der Waals surface area contributed by atoms with Gasteiger partial charge in [-0.1, -0.05) is 0 Å². The van der Waals surface area contributed by atoms with Crippen LogP contribution in [0.15, 0.2) is 18.5 Å². The topological polar surface area (TPSA) is 28.2 Å². The van der Waals surface area contributed by atoms with Crippen LogP contribution < -0.4 is 5.32 Å². The highest BCUT2D eigenvalue weighted by Gasteiger charge is 2.19. The van der Waals surface area contributed by atoms with Gasteiger partial charge >= 0.3 is 0 Å². The minimum Gasteiger partial charge on any atom is -0.319 e. The quantitative estimate of drug-likeness (QED) is 0.909. The molecule has 1 aliphatic rings. The average Bonchev–Trinajstić information content (AvgIpc) is 2.33. The maximum Gasteiger partial charge on any atom is 0.0315 e. The maximum absolute atomic E-state index is 4.23. The van der Waals surface area contributed by atoms with Crippen LogP contribution in [0.3, 0.4) is 0 Å². The largest absolute Gasteiger partial charge is 0.319 e. The number of halogens is 1. The Balaban J connectivity index is 0.00000162. The van der Waals surface area contributed by atoms with Gasteiger partial charge in [-0.15, -0.1) is 12.4 Å². The third kappa shape index (κ3) is 4.23. The van der Waals surface area contributed by atoms with Gasteiger partial charge in [-0.2, -0.15) is 0 Å². The molecule has 0 amide bonds. The van der Waals surface area contributed by atoms with Crippen LogP contribution in [-0.4, -0.2) is 36.6 Å². The van der Waals surface area contributed by atoms with E-state index in [4.69, 9.17) is 0 Å². The lowest BCUT2D eigenvalue weighted by molar-refractivity contribution is 0.166. The van der Waals surface area contributed by atoms with Crippen molar-refractivity contribution in [2.45, 2.75) is 26.3 Å². The Morgan fingerprint density at radius 1 is 1.50 bits per heavy atom. The van der Waals surface area contributed by atoms with Crippen LogP contribution in [0.25, 0.3) is 0 Å². The molecule has 0 saturated carbocycles. The van der Waals surface area contributed by atoms with Crippen molar-refractivity contribution in [2.75, 3.05) is 26.7 Å². The molecule has 1 atom stereocenters. The van der Waals surface area contributed by atoms with Gasteiger partial charge in [0.2, 0.25) is 0 Å². The first kappa shape index (κ1) is 15.4. The molecule has 18 heavy (non-hydrogen) atoms. The van der Waals surface area contributed by atoms with Crippen LogP contribution in [-0.2, 0) is 6.54 Å². The third-order valence-corrected chi connectivity index (χ3v) is 3.64. The van der Waals surface area contributed by atoms with Crippen molar-refractivity contribution in [2.24, 2.45) is 5.92 Å². The molecule has 1 aliphatic heterocycles. The number of hydrogen-bond acceptors (Lipinski definition) is 3. The highest BCUT2D eigenvalue weighted by Crippen LogP contribution is 2.18. The second kappa shape index (κ2) is 7.72. The molecule has 0 spiro atoms. The molecule has 102 valence electrons. The zero-order valence-corrected chi connectivity index (χ0v) is 12.2. The highest BCUT2D eigenvalue weighted by molar-refractivity contribution is 5.85. The second-order valence-corrected chi connectivity index (χ2v) is 5.10. The summed E-state index contributed by atoms with van der Waals surface area (Å²) in [5.41, 5.74) is 2.73. The molecule has 1 N–H and O–H groups in total. The Morgan fingerprint density at radius 2 is 2.33 bits per heavy atom. The molecular formula is C14H24ClN3. The first-order chi connectivity index (χ1) is 8.29. The van der Waals surface area contributed by atoms with Crippen molar-refractivity contribution in [1.82, 2.24) is 15.2 Å². The fourth-order valence-corrected chi connectivity index (χ4v) is 2.65. The Bertz CT molecular complexity index is 355. The van der Waals surface area contributed by atoms with Crippen LogP contribution in [0.2, 0.25) is 0 Å². The molecule has 1 fully saturated rings. The van der Waals surface area contributed by atoms with Crippen molar-refractivity contribution in [3.8, 4) is 0 Å². The number of piperidine rings is 1. The van der Waals surface area contributed by atoms with Gasteiger partial charge in [0.15, 0.2) is 0 Å². The molecule has 3 nitrogen and oxygen atoms in total. The summed E-state index contributed by atoms with van der Waals surface area (Å²) >= 11 is 0. The van der Waals surface area contributed by atoms with Gasteiger partial charge < -0.3 is 5.32 Å². The van der Waals surface area contributed by atoms with Gasteiger partial charge in [-0.3, -0.25) is 9.88 Å². The van der Waals surface area contributed by atoms with E-state index in [2.05, 4.69) is 28.2 Å². The number of nitrogens with one attached hydrogen (secondary N) is 1. The Hall–Kier alpha value is -0.640. The van der Waals surface area contributed by atoms with Crippen molar-refractivity contribution < 1.29 is 0 Å². The lowest BCUT2D eigenvalue weighted by Crippen LogP contribution is -2.38. The molecule has 1 saturated heterocycles. The van der Waals surface area contributed by atoms with Gasteiger partial charge in [-0.05, 0) is 63.0 Å². The van der Waals surface area contributed by atoms with E-state index in [-0.39, 0.29) is 12.4 Å². The molecule has 4 heteroatoms. The zero-order chi connectivity index (χ0) is 12.1. The second-order valence-electron chi connectivity index (χ2n) is 5.10. The fraction of sp³-hybridized carbons (Fsp3) is 0.643. The van der Waals surface area contributed by atoms with Crippen molar-refractivity contribution in [3.05, 3.63) is 29.6 Å². The van der Waals surface area contributed by atoms with E-state index in [0.717, 1.165) is 19.0 Å². The summed E-state index contributed by atoms with van der Waals surface area (Å²) in [6.45, 7) is 6.82. The molecule has 1 aromatic heterocycles. The summed E-state index contributed by atoms with van der Waals surface area (Å²) in [5, 5.41) is 3.29. The van der Waals surface area contributed by atoms with E-state index in [1.54, 1.807) is 0 Å². The van der Waals surface area contributed by atoms with Gasteiger partial charge in [0.1, 0.15) is 0 Å². The fourth-order valence-electron chi connectivity index (χ4n) is 2.65. The van der Waals surface area contributed by atoms with Gasteiger partial charge in [0, 0.05) is 25.5 Å². The Morgan fingerprint density at radius 3 is 3.06 bits per heavy atom. The van der Waals surface area contributed by atoms with Crippen LogP contribution in [0.4, 0.5) is 0 Å². The summed E-state index contributed by atoms with van der Waals surface area (Å²) in [6.07, 6.45) is 6.57. The third-order valence-electron chi connectivity index (χ3n) is 3.64. The number of aryl methyl sites for hydroxylation is 1. The van der Waals surface area contributed by atoms with Crippen LogP contribution in [0.1, 0.15) is 24.0 Å². The Kier molecular flexibility index (Phi) is 6.61. The number of rotatable bonds is 4. The summed E-state index contributed by atoms with van der Waals surface area (Å²) in [6, 6.07) is 2.10. The summed E-state index contributed by atoms with van der Waals surface area (Å²) < 4.78 is 0. The first-order valence-corrected chi connectivity index (χ1v) is 6.56. The molecule has 0 bridgehead atoms. The minimum absolute atomic E-state index is 0. The monoisotopic (exact) mass is 269 g/mol. The number of hydrogen-bond donors (Lipinski definition) is 1. The van der Waals surface area contributed by atoms with Crippen molar-refractivity contribution >= 4 is 12.4 Å². The highest BCUT2D eigenvalue weighted by atomic mass is 35.5. The molecule has 1 unspecified atom stereocenters. The summed E-state index contributed by atoms with van der Waals surface area (Å²) in [5.74, 6) is 0.811. The van der Waals surface area contributed by atoms with Crippen molar-refractivity contribution in [1.29, 1.82) is 0 Å². The lowest BCUT2D eigenvalue weighted by atomic mass is 9.97. The lowest BCUT2D eigenvalue weighted by Gasteiger charge is -2.32. The SMILES string of the molecule is CNCC1CCCN(Cc2cnccc2C)C1.Cl. The Labute approximate surface area is 116 Å². The van der Waals surface area contributed by atoms with E-state index < -0.39 is 0 Å². The number of pyridine rings is 1. The standard InChI is InChI=1S/C14H23N3.ClH/c1-12-5-6-16-9-14(12)11-17-7-3-4-13(10-17)8-15-2;/h5-6,9,13,15H,3-4,7-8,10-11H2,1-2H3;1H. The summed E-state index contributed by atoms with van der Waals surface area (Å²) in [4.78, 5) is 6.79. The van der Waals surface area contributed by atoms with E-state index in [0.29, 0.717) is 0 Å². The van der Waals surface area contributed by atoms with Crippen LogP contribution in [0.5, 0.6) is 0 Å². The van der Waals surface area contributed by atoms with Gasteiger partial charge in [-0.25, -0.2) is 0 Å².